The van der Waals surface area contributed by atoms with E-state index in [1.807, 2.05) is 0 Å². The van der Waals surface area contributed by atoms with E-state index in [4.69, 9.17) is 4.74 Å². The van der Waals surface area contributed by atoms with Crippen molar-refractivity contribution >= 4 is 18.2 Å². The summed E-state index contributed by atoms with van der Waals surface area (Å²) in [4.78, 5) is 16.5. The Morgan fingerprint density at radius 1 is 1.24 bits per heavy atom. The molecule has 7 heteroatoms. The third-order valence-corrected chi connectivity index (χ3v) is 4.88. The highest BCUT2D eigenvalue weighted by molar-refractivity contribution is 5.85. The Balaban J connectivity index is 0.00000132. The molecule has 4 aliphatic rings. The van der Waals surface area contributed by atoms with Crippen molar-refractivity contribution in [3.8, 4) is 5.75 Å². The summed E-state index contributed by atoms with van der Waals surface area (Å²) < 4.78 is 6.11. The predicted octanol–water partition coefficient (Wildman–Crippen LogP) is 2.13. The molecule has 6 nitrogen and oxygen atoms in total. The Bertz CT molecular complexity index is 509. The lowest BCUT2D eigenvalue weighted by Gasteiger charge is -2.55. The Kier molecular flexibility index (Phi) is 3.75. The van der Waals surface area contributed by atoms with E-state index >= 15 is 0 Å². The van der Waals surface area contributed by atoms with E-state index in [1.165, 1.54) is 31.6 Å². The van der Waals surface area contributed by atoms with E-state index in [2.05, 4.69) is 9.88 Å². The van der Waals surface area contributed by atoms with Crippen LogP contribution < -0.4 is 4.74 Å². The van der Waals surface area contributed by atoms with Gasteiger partial charge in [-0.1, -0.05) is 0 Å². The second-order valence-corrected chi connectivity index (χ2v) is 6.27. The molecule has 0 unspecified atom stereocenters. The van der Waals surface area contributed by atoms with Crippen molar-refractivity contribution in [1.82, 2.24) is 9.88 Å². The largest absolute Gasteiger partial charge is 0.486 e. The summed E-state index contributed by atoms with van der Waals surface area (Å²) in [5.41, 5.74) is 0. The van der Waals surface area contributed by atoms with Gasteiger partial charge in [0.2, 0.25) is 0 Å². The summed E-state index contributed by atoms with van der Waals surface area (Å²) in [5, 5.41) is 10.6. The maximum absolute atomic E-state index is 10.6. The Morgan fingerprint density at radius 2 is 1.95 bits per heavy atom. The van der Waals surface area contributed by atoms with Crippen molar-refractivity contribution in [2.24, 2.45) is 17.8 Å². The normalized spacial score (nSPS) is 36.1. The van der Waals surface area contributed by atoms with Crippen molar-refractivity contribution in [2.75, 3.05) is 19.6 Å². The molecule has 1 aromatic heterocycles. The molecule has 0 N–H and O–H groups in total. The maximum Gasteiger partial charge on any atom is 0.363 e. The molecule has 3 saturated heterocycles. The average Bonchev–Trinajstić information content (AvgIpc) is 2.42. The lowest BCUT2D eigenvalue weighted by atomic mass is 9.66. The van der Waals surface area contributed by atoms with E-state index in [0.29, 0.717) is 17.6 Å². The lowest BCUT2D eigenvalue weighted by Crippen LogP contribution is -2.61. The molecule has 1 saturated carbocycles. The molecule has 1 aromatic rings. The van der Waals surface area contributed by atoms with Crippen molar-refractivity contribution < 1.29 is 9.66 Å². The van der Waals surface area contributed by atoms with Gasteiger partial charge < -0.3 is 19.8 Å². The van der Waals surface area contributed by atoms with Crippen LogP contribution >= 0.6 is 12.4 Å². The molecule has 1 aliphatic carbocycles. The second-order valence-electron chi connectivity index (χ2n) is 6.27. The van der Waals surface area contributed by atoms with Crippen molar-refractivity contribution in [3.05, 3.63) is 28.4 Å². The summed E-state index contributed by atoms with van der Waals surface area (Å²) in [6.07, 6.45) is 4.26. The summed E-state index contributed by atoms with van der Waals surface area (Å²) in [7, 11) is 0. The topological polar surface area (TPSA) is 68.5 Å². The smallest absolute Gasteiger partial charge is 0.363 e. The molecule has 4 fully saturated rings. The van der Waals surface area contributed by atoms with Crippen LogP contribution in [0.25, 0.3) is 0 Å². The average molecular weight is 312 g/mol. The van der Waals surface area contributed by atoms with Crippen LogP contribution in [0.3, 0.4) is 0 Å². The number of halogens is 1. The Labute approximate surface area is 129 Å². The molecular weight excluding hydrogens is 294 g/mol. The molecule has 0 spiro atoms. The van der Waals surface area contributed by atoms with Crippen LogP contribution in [0.5, 0.6) is 5.75 Å². The van der Waals surface area contributed by atoms with Gasteiger partial charge in [0.1, 0.15) is 6.10 Å². The SMILES string of the molecule is Cl.O=[N+]([O-])c1ccc(OC2[C@H]3CC4C[C@H]2CN(C4)C3)cn1. The first-order valence-electron chi connectivity index (χ1n) is 7.18. The molecular formula is C14H18ClN3O3. The highest BCUT2D eigenvalue weighted by atomic mass is 35.5. The number of hydrogen-bond acceptors (Lipinski definition) is 5. The quantitative estimate of drug-likeness (QED) is 0.632. The van der Waals surface area contributed by atoms with Crippen LogP contribution in [-0.2, 0) is 0 Å². The van der Waals surface area contributed by atoms with Crippen LogP contribution in [-0.4, -0.2) is 40.5 Å². The minimum atomic E-state index is -0.486. The molecule has 114 valence electrons. The van der Waals surface area contributed by atoms with E-state index in [1.54, 1.807) is 6.07 Å². The van der Waals surface area contributed by atoms with Gasteiger partial charge >= 0.3 is 5.82 Å². The summed E-state index contributed by atoms with van der Waals surface area (Å²) in [5.74, 6) is 2.59. The number of aromatic nitrogens is 1. The van der Waals surface area contributed by atoms with Crippen LogP contribution in [0.15, 0.2) is 18.3 Å². The Hall–Kier alpha value is -1.40. The third kappa shape index (κ3) is 2.58. The first-order valence-corrected chi connectivity index (χ1v) is 7.18. The number of rotatable bonds is 3. The summed E-state index contributed by atoms with van der Waals surface area (Å²) >= 11 is 0. The zero-order valence-corrected chi connectivity index (χ0v) is 12.4. The van der Waals surface area contributed by atoms with Gasteiger partial charge in [-0.2, -0.15) is 0 Å². The number of pyridine rings is 1. The maximum atomic E-state index is 10.6. The first kappa shape index (κ1) is 14.5. The molecule has 4 bridgehead atoms. The highest BCUT2D eigenvalue weighted by Gasteiger charge is 2.48. The van der Waals surface area contributed by atoms with Gasteiger partial charge in [-0.3, -0.25) is 0 Å². The lowest BCUT2D eigenvalue weighted by molar-refractivity contribution is -0.389. The van der Waals surface area contributed by atoms with E-state index in [-0.39, 0.29) is 24.3 Å². The molecule has 3 aliphatic heterocycles. The number of nitrogens with zero attached hydrogens (tertiary/aromatic N) is 3. The monoisotopic (exact) mass is 311 g/mol. The van der Waals surface area contributed by atoms with E-state index in [0.717, 1.165) is 19.0 Å². The van der Waals surface area contributed by atoms with Gasteiger partial charge in [-0.25, -0.2) is 0 Å². The third-order valence-electron chi connectivity index (χ3n) is 4.88. The number of hydrogen-bond donors (Lipinski definition) is 0. The van der Waals surface area contributed by atoms with Gasteiger partial charge in [0.05, 0.1) is 0 Å². The van der Waals surface area contributed by atoms with Gasteiger partial charge in [0, 0.05) is 37.5 Å². The fourth-order valence-electron chi connectivity index (χ4n) is 4.26. The molecule has 0 amide bonds. The Morgan fingerprint density at radius 3 is 2.48 bits per heavy atom. The zero-order valence-electron chi connectivity index (χ0n) is 11.6. The van der Waals surface area contributed by atoms with Crippen LogP contribution in [0.1, 0.15) is 12.8 Å². The molecule has 21 heavy (non-hydrogen) atoms. The minimum absolute atomic E-state index is 0. The van der Waals surface area contributed by atoms with Gasteiger partial charge in [-0.15, -0.1) is 12.4 Å². The van der Waals surface area contributed by atoms with Crippen LogP contribution in [0, 0.1) is 27.9 Å². The zero-order chi connectivity index (χ0) is 13.7. The number of piperidine rings is 3. The van der Waals surface area contributed by atoms with Gasteiger partial charge in [0.15, 0.2) is 11.9 Å². The number of ether oxygens (including phenoxy) is 1. The fraction of sp³-hybridized carbons (Fsp3) is 0.643. The van der Waals surface area contributed by atoms with Crippen LogP contribution in [0.2, 0.25) is 0 Å². The summed E-state index contributed by atoms with van der Waals surface area (Å²) in [6, 6.07) is 3.07. The molecule has 0 aromatic carbocycles. The first-order chi connectivity index (χ1) is 9.69. The molecule has 2 atom stereocenters. The molecule has 4 heterocycles. The van der Waals surface area contributed by atoms with E-state index in [9.17, 15) is 10.1 Å². The van der Waals surface area contributed by atoms with Crippen LogP contribution in [0.4, 0.5) is 5.82 Å². The fourth-order valence-corrected chi connectivity index (χ4v) is 4.26. The minimum Gasteiger partial charge on any atom is -0.486 e. The van der Waals surface area contributed by atoms with Gasteiger partial charge in [-0.05, 0) is 34.7 Å². The van der Waals surface area contributed by atoms with Crippen molar-refractivity contribution in [1.29, 1.82) is 0 Å². The molecule has 0 radical (unpaired) electrons. The predicted molar refractivity (Wildman–Crippen MR) is 78.7 cm³/mol. The molecule has 5 rings (SSSR count). The van der Waals surface area contributed by atoms with E-state index < -0.39 is 4.92 Å². The van der Waals surface area contributed by atoms with Crippen molar-refractivity contribution in [2.45, 2.75) is 18.9 Å². The summed E-state index contributed by atoms with van der Waals surface area (Å²) in [6.45, 7) is 3.54. The van der Waals surface area contributed by atoms with Crippen molar-refractivity contribution in [3.63, 3.8) is 0 Å². The standard InChI is InChI=1S/C14H17N3O3.ClH/c18-17(19)13-2-1-12(5-15-13)20-14-10-3-9-4-11(14)8-16(6-9)7-10;/h1-2,5,9-11,14H,3-4,6-8H2;1H/t9?,10-,11-,14?;/m0./s1. The second kappa shape index (κ2) is 5.42. The van der Waals surface area contributed by atoms with Gasteiger partial charge in [0.25, 0.3) is 0 Å². The number of nitro groups is 1. The highest BCUT2D eigenvalue weighted by Crippen LogP contribution is 2.44.